The van der Waals surface area contributed by atoms with Crippen molar-refractivity contribution in [3.8, 4) is 11.3 Å². The van der Waals surface area contributed by atoms with E-state index in [9.17, 15) is 9.59 Å². The van der Waals surface area contributed by atoms with Crippen LogP contribution in [0.5, 0.6) is 0 Å². The highest BCUT2D eigenvalue weighted by Gasteiger charge is 2.20. The summed E-state index contributed by atoms with van der Waals surface area (Å²) in [7, 11) is 0. The van der Waals surface area contributed by atoms with E-state index in [2.05, 4.69) is 15.4 Å². The highest BCUT2D eigenvalue weighted by Crippen LogP contribution is 2.31. The van der Waals surface area contributed by atoms with E-state index in [1.54, 1.807) is 10.7 Å². The summed E-state index contributed by atoms with van der Waals surface area (Å²) in [5.74, 6) is -0.419. The number of hydrogen-bond acceptors (Lipinski definition) is 5. The molecule has 1 amide bonds. The Kier molecular flexibility index (Phi) is 4.99. The predicted octanol–water partition coefficient (Wildman–Crippen LogP) is 4.35. The Balaban J connectivity index is 1.90. The third kappa shape index (κ3) is 3.57. The molecule has 0 spiro atoms. The molecule has 7 heteroatoms. The second-order valence-electron chi connectivity index (χ2n) is 6.28. The van der Waals surface area contributed by atoms with Crippen molar-refractivity contribution in [2.24, 2.45) is 0 Å². The number of aromatic nitrogens is 3. The minimum Gasteiger partial charge on any atom is -0.296 e. The lowest BCUT2D eigenvalue weighted by atomic mass is 10.1. The molecule has 0 saturated carbocycles. The number of hydrogen-bond donors (Lipinski definition) is 1. The highest BCUT2D eigenvalue weighted by atomic mass is 32.1. The Hall–Kier alpha value is -2.80. The molecule has 0 aliphatic heterocycles. The van der Waals surface area contributed by atoms with Gasteiger partial charge in [-0.25, -0.2) is 4.98 Å². The van der Waals surface area contributed by atoms with Gasteiger partial charge in [0.2, 0.25) is 0 Å². The van der Waals surface area contributed by atoms with Crippen LogP contribution in [0.2, 0.25) is 0 Å². The summed E-state index contributed by atoms with van der Waals surface area (Å²) in [5.41, 5.74) is 2.67. The van der Waals surface area contributed by atoms with Gasteiger partial charge in [0.05, 0.1) is 10.6 Å². The van der Waals surface area contributed by atoms with E-state index in [0.717, 1.165) is 11.3 Å². The molecule has 134 valence electrons. The molecule has 26 heavy (non-hydrogen) atoms. The lowest BCUT2D eigenvalue weighted by Gasteiger charge is -2.06. The Morgan fingerprint density at radius 2 is 1.88 bits per heavy atom. The SMILES string of the molecule is CC(=O)c1sc(NC(=O)c2cc(C)n(C(C)C)n2)nc1-c1ccccc1. The maximum absolute atomic E-state index is 12.5. The second kappa shape index (κ2) is 7.21. The van der Waals surface area contributed by atoms with Crippen LogP contribution in [0.1, 0.15) is 52.7 Å². The number of amides is 1. The van der Waals surface area contributed by atoms with Gasteiger partial charge in [0.1, 0.15) is 0 Å². The van der Waals surface area contributed by atoms with Crippen molar-refractivity contribution in [2.75, 3.05) is 5.32 Å². The molecular formula is C19H20N4O2S. The molecule has 1 N–H and O–H groups in total. The molecule has 2 heterocycles. The van der Waals surface area contributed by atoms with Gasteiger partial charge in [0, 0.05) is 24.2 Å². The highest BCUT2D eigenvalue weighted by molar-refractivity contribution is 7.18. The van der Waals surface area contributed by atoms with Crippen molar-refractivity contribution in [3.05, 3.63) is 52.7 Å². The van der Waals surface area contributed by atoms with Crippen LogP contribution >= 0.6 is 11.3 Å². The topological polar surface area (TPSA) is 76.9 Å². The minimum absolute atomic E-state index is 0.0817. The monoisotopic (exact) mass is 368 g/mol. The van der Waals surface area contributed by atoms with Crippen LogP contribution in [0.3, 0.4) is 0 Å². The fourth-order valence-electron chi connectivity index (χ4n) is 2.69. The number of anilines is 1. The Morgan fingerprint density at radius 3 is 2.46 bits per heavy atom. The molecule has 0 atom stereocenters. The molecule has 0 unspecified atom stereocenters. The standard InChI is InChI=1S/C19H20N4O2S/c1-11(2)23-12(3)10-15(22-23)18(25)21-19-20-16(17(26-19)13(4)24)14-8-6-5-7-9-14/h5-11H,1-4H3,(H,20,21,25). The molecule has 0 bridgehead atoms. The van der Waals surface area contributed by atoms with Crippen molar-refractivity contribution in [1.82, 2.24) is 14.8 Å². The number of benzene rings is 1. The van der Waals surface area contributed by atoms with Crippen molar-refractivity contribution in [1.29, 1.82) is 0 Å². The minimum atomic E-state index is -0.337. The molecule has 6 nitrogen and oxygen atoms in total. The number of ketones is 1. The first-order valence-electron chi connectivity index (χ1n) is 8.31. The van der Waals surface area contributed by atoms with Gasteiger partial charge in [0.25, 0.3) is 5.91 Å². The van der Waals surface area contributed by atoms with Gasteiger partial charge in [0.15, 0.2) is 16.6 Å². The van der Waals surface area contributed by atoms with Gasteiger partial charge in [-0.05, 0) is 26.8 Å². The first-order chi connectivity index (χ1) is 12.4. The van der Waals surface area contributed by atoms with Crippen LogP contribution in [0.25, 0.3) is 11.3 Å². The summed E-state index contributed by atoms with van der Waals surface area (Å²) in [6.07, 6.45) is 0. The van der Waals surface area contributed by atoms with Gasteiger partial charge in [-0.1, -0.05) is 41.7 Å². The van der Waals surface area contributed by atoms with Crippen LogP contribution in [-0.4, -0.2) is 26.5 Å². The zero-order valence-electron chi connectivity index (χ0n) is 15.1. The molecule has 0 radical (unpaired) electrons. The van der Waals surface area contributed by atoms with Crippen molar-refractivity contribution >= 4 is 28.2 Å². The molecule has 3 aromatic rings. The van der Waals surface area contributed by atoms with Crippen LogP contribution in [0, 0.1) is 6.92 Å². The molecule has 0 aliphatic carbocycles. The van der Waals surface area contributed by atoms with Gasteiger partial charge >= 0.3 is 0 Å². The average molecular weight is 368 g/mol. The van der Waals surface area contributed by atoms with Gasteiger partial charge in [-0.15, -0.1) is 0 Å². The van der Waals surface area contributed by atoms with Crippen LogP contribution < -0.4 is 5.32 Å². The zero-order valence-corrected chi connectivity index (χ0v) is 15.9. The van der Waals surface area contributed by atoms with Crippen LogP contribution in [-0.2, 0) is 0 Å². The summed E-state index contributed by atoms with van der Waals surface area (Å²) in [6.45, 7) is 7.43. The van der Waals surface area contributed by atoms with Gasteiger partial charge in [-0.2, -0.15) is 5.10 Å². The summed E-state index contributed by atoms with van der Waals surface area (Å²) in [5, 5.41) is 7.49. The number of Topliss-reactive ketones (excluding diaryl/α,β-unsaturated/α-hetero) is 1. The number of aryl methyl sites for hydroxylation is 1. The third-order valence-corrected chi connectivity index (χ3v) is 4.93. The number of carbonyl (C=O) groups is 2. The molecule has 0 fully saturated rings. The summed E-state index contributed by atoms with van der Waals surface area (Å²) in [6, 6.07) is 11.4. The number of carbonyl (C=O) groups excluding carboxylic acids is 2. The summed E-state index contributed by atoms with van der Waals surface area (Å²) < 4.78 is 1.80. The first kappa shape index (κ1) is 18.0. The van der Waals surface area contributed by atoms with E-state index in [1.165, 1.54) is 18.3 Å². The molecule has 3 rings (SSSR count). The maximum Gasteiger partial charge on any atom is 0.277 e. The molecular weight excluding hydrogens is 348 g/mol. The number of nitrogens with one attached hydrogen (secondary N) is 1. The van der Waals surface area contributed by atoms with E-state index in [4.69, 9.17) is 0 Å². The fraction of sp³-hybridized carbons (Fsp3) is 0.263. The Morgan fingerprint density at radius 1 is 1.19 bits per heavy atom. The van der Waals surface area contributed by atoms with Gasteiger partial charge in [-0.3, -0.25) is 19.6 Å². The average Bonchev–Trinajstić information content (AvgIpc) is 3.19. The summed E-state index contributed by atoms with van der Waals surface area (Å²) >= 11 is 1.18. The van der Waals surface area contributed by atoms with Crippen molar-refractivity contribution < 1.29 is 9.59 Å². The normalized spacial score (nSPS) is 11.0. The molecule has 0 aliphatic rings. The maximum atomic E-state index is 12.5. The molecule has 1 aromatic carbocycles. The van der Waals surface area contributed by atoms with E-state index >= 15 is 0 Å². The second-order valence-corrected chi connectivity index (χ2v) is 7.28. The van der Waals surface area contributed by atoms with E-state index in [1.807, 2.05) is 51.1 Å². The number of thiazole rings is 1. The number of rotatable bonds is 5. The van der Waals surface area contributed by atoms with Crippen LogP contribution in [0.15, 0.2) is 36.4 Å². The predicted molar refractivity (Wildman–Crippen MR) is 103 cm³/mol. The lowest BCUT2D eigenvalue weighted by Crippen LogP contribution is -2.13. The largest absolute Gasteiger partial charge is 0.296 e. The Bertz CT molecular complexity index is 957. The van der Waals surface area contributed by atoms with Crippen molar-refractivity contribution in [3.63, 3.8) is 0 Å². The zero-order chi connectivity index (χ0) is 18.8. The third-order valence-electron chi connectivity index (χ3n) is 3.86. The van der Waals surface area contributed by atoms with Crippen LogP contribution in [0.4, 0.5) is 5.13 Å². The fourth-order valence-corrected chi connectivity index (χ4v) is 3.56. The first-order valence-corrected chi connectivity index (χ1v) is 9.13. The smallest absolute Gasteiger partial charge is 0.277 e. The summed E-state index contributed by atoms with van der Waals surface area (Å²) in [4.78, 5) is 29.5. The number of nitrogens with zero attached hydrogens (tertiary/aromatic N) is 3. The quantitative estimate of drug-likeness (QED) is 0.679. The Labute approximate surface area is 155 Å². The van der Waals surface area contributed by atoms with E-state index in [-0.39, 0.29) is 17.7 Å². The molecule has 2 aromatic heterocycles. The van der Waals surface area contributed by atoms with Crippen molar-refractivity contribution in [2.45, 2.75) is 33.7 Å². The van der Waals surface area contributed by atoms with Gasteiger partial charge < -0.3 is 0 Å². The lowest BCUT2D eigenvalue weighted by molar-refractivity contribution is 0.101. The molecule has 0 saturated heterocycles. The van der Waals surface area contributed by atoms with E-state index in [0.29, 0.717) is 21.4 Å². The van der Waals surface area contributed by atoms with E-state index < -0.39 is 0 Å².